The van der Waals surface area contributed by atoms with Gasteiger partial charge in [-0.15, -0.1) is 11.6 Å². The number of esters is 1. The predicted octanol–water partition coefficient (Wildman–Crippen LogP) is 5.83. The van der Waals surface area contributed by atoms with Crippen LogP contribution in [0.2, 0.25) is 0 Å². The molecule has 4 nitrogen and oxygen atoms in total. The standard InChI is InChI=1S/C29H32ClNO3/c1-33-28(32)27(30)29(19-26(29)17-18-34-22-25-15-9-4-10-16-25)31(20-23-11-5-2-6-12-23)21-24-13-7-3-8-14-24/h2-16,26-27H,17-22H2,1H3. The summed E-state index contributed by atoms with van der Waals surface area (Å²) in [4.78, 5) is 15.0. The SMILES string of the molecule is COC(=O)C(Cl)C1(N(Cc2ccccc2)Cc2ccccc2)CC1CCOCc1ccccc1. The van der Waals surface area contributed by atoms with Gasteiger partial charge in [0.15, 0.2) is 0 Å². The molecule has 0 spiro atoms. The average Bonchev–Trinajstić information content (AvgIpc) is 3.62. The Balaban J connectivity index is 1.52. The molecule has 1 aliphatic rings. The quantitative estimate of drug-likeness (QED) is 0.187. The Hall–Kier alpha value is -2.66. The monoisotopic (exact) mass is 477 g/mol. The number of rotatable bonds is 12. The van der Waals surface area contributed by atoms with Crippen molar-refractivity contribution in [2.24, 2.45) is 5.92 Å². The maximum absolute atomic E-state index is 12.7. The number of alkyl halides is 1. The molecule has 1 fully saturated rings. The molecule has 4 rings (SSSR count). The van der Waals surface area contributed by atoms with E-state index in [0.717, 1.165) is 18.4 Å². The maximum atomic E-state index is 12.7. The zero-order valence-corrected chi connectivity index (χ0v) is 20.4. The fourth-order valence-electron chi connectivity index (χ4n) is 4.80. The molecular formula is C29H32ClNO3. The second kappa shape index (κ2) is 11.7. The van der Waals surface area contributed by atoms with E-state index in [9.17, 15) is 4.79 Å². The first-order valence-electron chi connectivity index (χ1n) is 11.8. The van der Waals surface area contributed by atoms with E-state index < -0.39 is 10.9 Å². The molecule has 0 heterocycles. The largest absolute Gasteiger partial charge is 0.468 e. The van der Waals surface area contributed by atoms with E-state index in [-0.39, 0.29) is 11.9 Å². The van der Waals surface area contributed by atoms with Crippen LogP contribution in [0.1, 0.15) is 29.5 Å². The van der Waals surface area contributed by atoms with Crippen LogP contribution in [0.3, 0.4) is 0 Å². The summed E-state index contributed by atoms with van der Waals surface area (Å²) >= 11 is 6.86. The third-order valence-electron chi connectivity index (χ3n) is 6.71. The molecule has 0 bridgehead atoms. The molecular weight excluding hydrogens is 446 g/mol. The van der Waals surface area contributed by atoms with Crippen molar-refractivity contribution in [3.8, 4) is 0 Å². The van der Waals surface area contributed by atoms with Crippen LogP contribution >= 0.6 is 11.6 Å². The average molecular weight is 478 g/mol. The van der Waals surface area contributed by atoms with E-state index in [0.29, 0.717) is 26.3 Å². The minimum Gasteiger partial charge on any atom is -0.468 e. The first-order valence-corrected chi connectivity index (χ1v) is 12.2. The van der Waals surface area contributed by atoms with Gasteiger partial charge in [0, 0.05) is 19.7 Å². The van der Waals surface area contributed by atoms with Gasteiger partial charge in [0.05, 0.1) is 19.3 Å². The number of ether oxygens (including phenoxy) is 2. The lowest BCUT2D eigenvalue weighted by atomic mass is 10.0. The van der Waals surface area contributed by atoms with E-state index in [1.165, 1.54) is 18.2 Å². The number of methoxy groups -OCH3 is 1. The molecule has 3 unspecified atom stereocenters. The zero-order chi connectivity index (χ0) is 23.8. The van der Waals surface area contributed by atoms with Crippen molar-refractivity contribution in [3.05, 3.63) is 108 Å². The van der Waals surface area contributed by atoms with Gasteiger partial charge in [0.2, 0.25) is 0 Å². The third kappa shape index (κ3) is 5.87. The van der Waals surface area contributed by atoms with Gasteiger partial charge in [-0.3, -0.25) is 9.69 Å². The van der Waals surface area contributed by atoms with Crippen molar-refractivity contribution >= 4 is 17.6 Å². The Labute approximate surface area is 207 Å². The number of halogens is 1. The van der Waals surface area contributed by atoms with Crippen LogP contribution in [-0.4, -0.2) is 35.5 Å². The summed E-state index contributed by atoms with van der Waals surface area (Å²) in [5.41, 5.74) is 3.07. The number of hydrogen-bond acceptors (Lipinski definition) is 4. The molecule has 3 aromatic rings. The van der Waals surface area contributed by atoms with Crippen LogP contribution in [0, 0.1) is 5.92 Å². The maximum Gasteiger partial charge on any atom is 0.325 e. The minimum atomic E-state index is -0.746. The van der Waals surface area contributed by atoms with Gasteiger partial charge < -0.3 is 9.47 Å². The normalized spacial score (nSPS) is 20.1. The van der Waals surface area contributed by atoms with Crippen LogP contribution in [0.5, 0.6) is 0 Å². The molecule has 0 saturated heterocycles. The molecule has 3 aromatic carbocycles. The van der Waals surface area contributed by atoms with Gasteiger partial charge in [0.1, 0.15) is 5.38 Å². The highest BCUT2D eigenvalue weighted by Crippen LogP contribution is 2.56. The van der Waals surface area contributed by atoms with Crippen LogP contribution in [0.15, 0.2) is 91.0 Å². The summed E-state index contributed by atoms with van der Waals surface area (Å²) in [5, 5.41) is -0.746. The topological polar surface area (TPSA) is 38.8 Å². The highest BCUT2D eigenvalue weighted by Gasteiger charge is 2.64. The van der Waals surface area contributed by atoms with Crippen molar-refractivity contribution in [3.63, 3.8) is 0 Å². The van der Waals surface area contributed by atoms with Gasteiger partial charge in [-0.25, -0.2) is 0 Å². The molecule has 0 aromatic heterocycles. The van der Waals surface area contributed by atoms with Crippen molar-refractivity contribution in [2.45, 2.75) is 43.5 Å². The molecule has 1 aliphatic carbocycles. The Kier molecular flexibility index (Phi) is 8.39. The van der Waals surface area contributed by atoms with Crippen molar-refractivity contribution < 1.29 is 14.3 Å². The summed E-state index contributed by atoms with van der Waals surface area (Å²) in [6.45, 7) is 2.62. The van der Waals surface area contributed by atoms with E-state index >= 15 is 0 Å². The third-order valence-corrected chi connectivity index (χ3v) is 7.27. The van der Waals surface area contributed by atoms with Gasteiger partial charge in [-0.2, -0.15) is 0 Å². The first kappa shape index (κ1) is 24.5. The summed E-state index contributed by atoms with van der Waals surface area (Å²) in [5.74, 6) is -0.127. The van der Waals surface area contributed by atoms with Crippen molar-refractivity contribution in [1.29, 1.82) is 0 Å². The molecule has 0 amide bonds. The molecule has 34 heavy (non-hydrogen) atoms. The molecule has 178 valence electrons. The highest BCUT2D eigenvalue weighted by molar-refractivity contribution is 6.31. The lowest BCUT2D eigenvalue weighted by Gasteiger charge is -2.36. The fraction of sp³-hybridized carbons (Fsp3) is 0.345. The summed E-state index contributed by atoms with van der Waals surface area (Å²) in [6, 6.07) is 30.9. The van der Waals surface area contributed by atoms with Gasteiger partial charge in [-0.1, -0.05) is 91.0 Å². The molecule has 3 atom stereocenters. The van der Waals surface area contributed by atoms with Crippen molar-refractivity contribution in [1.82, 2.24) is 4.90 Å². The smallest absolute Gasteiger partial charge is 0.325 e. The number of carbonyl (C=O) groups excluding carboxylic acids is 1. The Morgan fingerprint density at radius 2 is 1.41 bits per heavy atom. The predicted molar refractivity (Wildman–Crippen MR) is 135 cm³/mol. The first-order chi connectivity index (χ1) is 16.6. The fourth-order valence-corrected chi connectivity index (χ4v) is 5.30. The summed E-state index contributed by atoms with van der Waals surface area (Å²) in [7, 11) is 1.41. The van der Waals surface area contributed by atoms with Crippen LogP contribution in [0.4, 0.5) is 0 Å². The molecule has 5 heteroatoms. The Morgan fingerprint density at radius 1 is 0.912 bits per heavy atom. The van der Waals surface area contributed by atoms with Crippen LogP contribution in [0.25, 0.3) is 0 Å². The zero-order valence-electron chi connectivity index (χ0n) is 19.6. The van der Waals surface area contributed by atoms with Crippen molar-refractivity contribution in [2.75, 3.05) is 13.7 Å². The number of benzene rings is 3. The lowest BCUT2D eigenvalue weighted by Crippen LogP contribution is -2.48. The second-order valence-corrected chi connectivity index (χ2v) is 9.37. The second-order valence-electron chi connectivity index (χ2n) is 8.93. The molecule has 0 radical (unpaired) electrons. The van der Waals surface area contributed by atoms with E-state index in [1.54, 1.807) is 0 Å². The lowest BCUT2D eigenvalue weighted by molar-refractivity contribution is -0.142. The highest BCUT2D eigenvalue weighted by atomic mass is 35.5. The van der Waals surface area contributed by atoms with Crippen LogP contribution < -0.4 is 0 Å². The number of carbonyl (C=O) groups is 1. The van der Waals surface area contributed by atoms with E-state index in [4.69, 9.17) is 21.1 Å². The Bertz CT molecular complexity index is 990. The number of nitrogens with zero attached hydrogens (tertiary/aromatic N) is 1. The van der Waals surface area contributed by atoms with Crippen LogP contribution in [-0.2, 0) is 34.0 Å². The van der Waals surface area contributed by atoms with Gasteiger partial charge in [0.25, 0.3) is 0 Å². The van der Waals surface area contributed by atoms with E-state index in [1.807, 2.05) is 54.6 Å². The van der Waals surface area contributed by atoms with Gasteiger partial charge in [-0.05, 0) is 35.4 Å². The molecule has 0 N–H and O–H groups in total. The summed E-state index contributed by atoms with van der Waals surface area (Å²) < 4.78 is 11.1. The Morgan fingerprint density at radius 3 is 1.91 bits per heavy atom. The summed E-state index contributed by atoms with van der Waals surface area (Å²) in [6.07, 6.45) is 1.68. The molecule has 0 aliphatic heterocycles. The van der Waals surface area contributed by atoms with E-state index in [2.05, 4.69) is 41.3 Å². The molecule has 1 saturated carbocycles. The minimum absolute atomic E-state index is 0.247. The number of hydrogen-bond donors (Lipinski definition) is 0. The van der Waals surface area contributed by atoms with Gasteiger partial charge >= 0.3 is 5.97 Å².